The minimum atomic E-state index is 0.568. The fraction of sp³-hybridized carbons (Fsp3) is 0.258. The average Bonchev–Trinajstić information content (AvgIpc) is 3.34. The van der Waals surface area contributed by atoms with Gasteiger partial charge in [-0.25, -0.2) is 4.98 Å². The molecule has 172 valence electrons. The SMILES string of the molecule is COc1cccc(CC2CCCCC2=CCc2nc(-c3ccccc3)c(-c3ccccc3)o2)c1. The van der Waals surface area contributed by atoms with Crippen LogP contribution in [0.4, 0.5) is 0 Å². The van der Waals surface area contributed by atoms with Crippen LogP contribution in [0, 0.1) is 5.92 Å². The predicted molar refractivity (Wildman–Crippen MR) is 138 cm³/mol. The standard InChI is InChI=1S/C31H31NO2/c1-33-28-18-10-11-23(22-28)21-27-17-9-8-12-24(27)19-20-29-32-30(25-13-4-2-5-14-25)31(34-29)26-15-6-3-7-16-26/h2-7,10-11,13-16,18-19,22,27H,8-9,12,17,20-21H2,1H3. The molecular weight excluding hydrogens is 418 g/mol. The highest BCUT2D eigenvalue weighted by Crippen LogP contribution is 2.35. The molecule has 0 saturated heterocycles. The first-order valence-electron chi connectivity index (χ1n) is 12.2. The first-order valence-corrected chi connectivity index (χ1v) is 12.2. The average molecular weight is 450 g/mol. The molecule has 34 heavy (non-hydrogen) atoms. The number of aromatic nitrogens is 1. The Morgan fingerprint density at radius 3 is 2.44 bits per heavy atom. The Bertz CT molecular complexity index is 1180. The molecular formula is C31H31NO2. The maximum atomic E-state index is 6.36. The smallest absolute Gasteiger partial charge is 0.199 e. The van der Waals surface area contributed by atoms with Gasteiger partial charge in [-0.1, -0.05) is 90.9 Å². The number of allylic oxidation sites excluding steroid dienone is 2. The van der Waals surface area contributed by atoms with Crippen LogP contribution in [0.3, 0.4) is 0 Å². The fourth-order valence-corrected chi connectivity index (χ4v) is 4.94. The molecule has 1 aromatic heterocycles. The van der Waals surface area contributed by atoms with E-state index in [-0.39, 0.29) is 0 Å². The van der Waals surface area contributed by atoms with Crippen molar-refractivity contribution in [2.24, 2.45) is 5.92 Å². The molecule has 0 amide bonds. The first-order chi connectivity index (χ1) is 16.8. The number of nitrogens with zero attached hydrogens (tertiary/aromatic N) is 1. The van der Waals surface area contributed by atoms with Gasteiger partial charge in [-0.05, 0) is 49.3 Å². The van der Waals surface area contributed by atoms with Crippen molar-refractivity contribution < 1.29 is 9.15 Å². The minimum Gasteiger partial charge on any atom is -0.497 e. The van der Waals surface area contributed by atoms with Crippen molar-refractivity contribution in [1.82, 2.24) is 4.98 Å². The number of rotatable bonds is 7. The quantitative estimate of drug-likeness (QED) is 0.269. The molecule has 3 aromatic carbocycles. The summed E-state index contributed by atoms with van der Waals surface area (Å²) in [6.07, 6.45) is 9.10. The molecule has 1 unspecified atom stereocenters. The lowest BCUT2D eigenvalue weighted by Gasteiger charge is -2.26. The second kappa shape index (κ2) is 10.6. The van der Waals surface area contributed by atoms with Crippen LogP contribution >= 0.6 is 0 Å². The highest BCUT2D eigenvalue weighted by atomic mass is 16.5. The van der Waals surface area contributed by atoms with E-state index in [1.165, 1.54) is 30.4 Å². The van der Waals surface area contributed by atoms with Crippen molar-refractivity contribution in [1.29, 1.82) is 0 Å². The Hall–Kier alpha value is -3.59. The van der Waals surface area contributed by atoms with Crippen LogP contribution in [0.2, 0.25) is 0 Å². The highest BCUT2D eigenvalue weighted by molar-refractivity contribution is 5.76. The van der Waals surface area contributed by atoms with Gasteiger partial charge in [0.1, 0.15) is 11.4 Å². The van der Waals surface area contributed by atoms with Gasteiger partial charge in [0.2, 0.25) is 0 Å². The number of hydrogen-bond acceptors (Lipinski definition) is 3. The van der Waals surface area contributed by atoms with Gasteiger partial charge in [0.25, 0.3) is 0 Å². The summed E-state index contributed by atoms with van der Waals surface area (Å²) in [6.45, 7) is 0. The Morgan fingerprint density at radius 2 is 1.68 bits per heavy atom. The zero-order valence-electron chi connectivity index (χ0n) is 19.7. The van der Waals surface area contributed by atoms with Gasteiger partial charge in [-0.3, -0.25) is 0 Å². The molecule has 3 nitrogen and oxygen atoms in total. The molecule has 0 aliphatic heterocycles. The van der Waals surface area contributed by atoms with Crippen molar-refractivity contribution >= 4 is 0 Å². The van der Waals surface area contributed by atoms with E-state index < -0.39 is 0 Å². The van der Waals surface area contributed by atoms with E-state index in [0.29, 0.717) is 5.92 Å². The maximum Gasteiger partial charge on any atom is 0.199 e. The summed E-state index contributed by atoms with van der Waals surface area (Å²) in [5.41, 5.74) is 5.93. The molecule has 1 aliphatic carbocycles. The monoisotopic (exact) mass is 449 g/mol. The lowest BCUT2D eigenvalue weighted by Crippen LogP contribution is -2.13. The second-order valence-corrected chi connectivity index (χ2v) is 9.00. The van der Waals surface area contributed by atoms with E-state index in [0.717, 1.165) is 53.5 Å². The fourth-order valence-electron chi connectivity index (χ4n) is 4.94. The Labute approximate surface area is 202 Å². The molecule has 1 aliphatic rings. The Morgan fingerprint density at radius 1 is 0.912 bits per heavy atom. The van der Waals surface area contributed by atoms with Gasteiger partial charge in [0.05, 0.1) is 7.11 Å². The molecule has 1 heterocycles. The molecule has 4 aromatic rings. The zero-order valence-corrected chi connectivity index (χ0v) is 19.7. The Kier molecular flexibility index (Phi) is 6.90. The van der Waals surface area contributed by atoms with Crippen LogP contribution in [0.5, 0.6) is 5.75 Å². The van der Waals surface area contributed by atoms with Crippen LogP contribution in [-0.4, -0.2) is 12.1 Å². The first kappa shape index (κ1) is 22.2. The number of hydrogen-bond donors (Lipinski definition) is 0. The van der Waals surface area contributed by atoms with Crippen molar-refractivity contribution in [2.75, 3.05) is 7.11 Å². The Balaban J connectivity index is 1.40. The van der Waals surface area contributed by atoms with Crippen molar-refractivity contribution in [2.45, 2.75) is 38.5 Å². The number of oxazole rings is 1. The summed E-state index contributed by atoms with van der Waals surface area (Å²) in [4.78, 5) is 4.95. The van der Waals surface area contributed by atoms with E-state index in [4.69, 9.17) is 14.1 Å². The van der Waals surface area contributed by atoms with E-state index >= 15 is 0 Å². The summed E-state index contributed by atoms with van der Waals surface area (Å²) in [7, 11) is 1.73. The van der Waals surface area contributed by atoms with Crippen molar-refractivity contribution in [3.63, 3.8) is 0 Å². The highest BCUT2D eigenvalue weighted by Gasteiger charge is 2.21. The van der Waals surface area contributed by atoms with E-state index in [2.05, 4.69) is 48.5 Å². The van der Waals surface area contributed by atoms with E-state index in [1.54, 1.807) is 7.11 Å². The van der Waals surface area contributed by atoms with Crippen LogP contribution in [0.1, 0.15) is 37.1 Å². The molecule has 3 heteroatoms. The zero-order chi connectivity index (χ0) is 23.2. The number of methoxy groups -OCH3 is 1. The van der Waals surface area contributed by atoms with Crippen LogP contribution in [0.25, 0.3) is 22.6 Å². The predicted octanol–water partition coefficient (Wildman–Crippen LogP) is 7.92. The topological polar surface area (TPSA) is 35.3 Å². The van der Waals surface area contributed by atoms with Crippen LogP contribution < -0.4 is 4.74 Å². The molecule has 0 bridgehead atoms. The lowest BCUT2D eigenvalue weighted by molar-refractivity contribution is 0.412. The van der Waals surface area contributed by atoms with E-state index in [1.807, 2.05) is 42.5 Å². The molecule has 1 fully saturated rings. The van der Waals surface area contributed by atoms with Gasteiger partial charge < -0.3 is 9.15 Å². The van der Waals surface area contributed by atoms with Crippen LogP contribution in [0.15, 0.2) is 101 Å². The summed E-state index contributed by atoms with van der Waals surface area (Å²) < 4.78 is 11.8. The van der Waals surface area contributed by atoms with E-state index in [9.17, 15) is 0 Å². The van der Waals surface area contributed by atoms with Crippen molar-refractivity contribution in [3.05, 3.63) is 108 Å². The summed E-state index contributed by atoms with van der Waals surface area (Å²) in [5.74, 6) is 3.12. The molecule has 0 spiro atoms. The molecule has 1 saturated carbocycles. The summed E-state index contributed by atoms with van der Waals surface area (Å²) in [6, 6.07) is 29.1. The van der Waals surface area contributed by atoms with Gasteiger partial charge in [-0.15, -0.1) is 0 Å². The third-order valence-electron chi connectivity index (χ3n) is 6.70. The normalized spacial score (nSPS) is 17.1. The summed E-state index contributed by atoms with van der Waals surface area (Å²) >= 11 is 0. The third kappa shape index (κ3) is 5.14. The van der Waals surface area contributed by atoms with Crippen molar-refractivity contribution in [3.8, 4) is 28.3 Å². The van der Waals surface area contributed by atoms with Gasteiger partial charge in [-0.2, -0.15) is 0 Å². The molecule has 0 N–H and O–H groups in total. The summed E-state index contributed by atoms with van der Waals surface area (Å²) in [5, 5.41) is 0. The van der Waals surface area contributed by atoms with Gasteiger partial charge >= 0.3 is 0 Å². The number of benzene rings is 3. The molecule has 0 radical (unpaired) electrons. The largest absolute Gasteiger partial charge is 0.497 e. The number of ether oxygens (including phenoxy) is 1. The van der Waals surface area contributed by atoms with Crippen LogP contribution in [-0.2, 0) is 12.8 Å². The third-order valence-corrected chi connectivity index (χ3v) is 6.70. The van der Waals surface area contributed by atoms with Gasteiger partial charge in [0.15, 0.2) is 11.7 Å². The molecule has 1 atom stereocenters. The second-order valence-electron chi connectivity index (χ2n) is 9.00. The lowest BCUT2D eigenvalue weighted by atomic mass is 9.80. The maximum absolute atomic E-state index is 6.36. The molecule has 5 rings (SSSR count). The van der Waals surface area contributed by atoms with Gasteiger partial charge in [0, 0.05) is 17.5 Å². The minimum absolute atomic E-state index is 0.568.